The molecule has 0 aliphatic rings. The Bertz CT molecular complexity index is 768. The van der Waals surface area contributed by atoms with Gasteiger partial charge >= 0.3 is 0 Å². The fourth-order valence-electron chi connectivity index (χ4n) is 2.12. The zero-order valence-corrected chi connectivity index (χ0v) is 11.9. The number of fused-ring (bicyclic) bond motifs is 1. The van der Waals surface area contributed by atoms with Crippen molar-refractivity contribution >= 4 is 22.6 Å². The number of H-pyrrole nitrogens is 1. The van der Waals surface area contributed by atoms with Crippen LogP contribution in [0.15, 0.2) is 36.4 Å². The van der Waals surface area contributed by atoms with E-state index in [1.165, 1.54) is 0 Å². The number of imidazole rings is 1. The molecule has 0 bridgehead atoms. The number of methoxy groups -OCH3 is 2. The van der Waals surface area contributed by atoms with Gasteiger partial charge in [0.05, 0.1) is 24.8 Å². The molecule has 0 amide bonds. The Labute approximate surface area is 121 Å². The van der Waals surface area contributed by atoms with Crippen molar-refractivity contribution in [2.45, 2.75) is 0 Å². The summed E-state index contributed by atoms with van der Waals surface area (Å²) in [5.74, 6) is 2.09. The second kappa shape index (κ2) is 5.06. The second-order valence-corrected chi connectivity index (χ2v) is 4.70. The van der Waals surface area contributed by atoms with Crippen LogP contribution < -0.4 is 9.47 Å². The van der Waals surface area contributed by atoms with Gasteiger partial charge in [0.15, 0.2) is 11.5 Å². The molecule has 4 nitrogen and oxygen atoms in total. The average molecular weight is 289 g/mol. The topological polar surface area (TPSA) is 47.1 Å². The van der Waals surface area contributed by atoms with Gasteiger partial charge in [0.1, 0.15) is 11.3 Å². The zero-order chi connectivity index (χ0) is 14.1. The van der Waals surface area contributed by atoms with E-state index in [1.54, 1.807) is 14.2 Å². The molecule has 0 spiro atoms. The Hall–Kier alpha value is -2.20. The molecular formula is C15H13ClN2O2. The lowest BCUT2D eigenvalue weighted by molar-refractivity contribution is 0.355. The molecule has 3 rings (SSSR count). The number of nitrogens with zero attached hydrogens (tertiary/aromatic N) is 1. The fourth-order valence-corrected chi connectivity index (χ4v) is 2.33. The molecule has 0 aliphatic heterocycles. The predicted octanol–water partition coefficient (Wildman–Crippen LogP) is 3.90. The number of benzene rings is 2. The molecule has 5 heteroatoms. The molecule has 0 atom stereocenters. The summed E-state index contributed by atoms with van der Waals surface area (Å²) in [7, 11) is 3.22. The molecule has 1 heterocycles. The number of rotatable bonds is 3. The van der Waals surface area contributed by atoms with E-state index in [1.807, 2.05) is 36.4 Å². The molecule has 0 aliphatic carbocycles. The molecule has 1 aromatic heterocycles. The highest BCUT2D eigenvalue weighted by atomic mass is 35.5. The molecule has 0 radical (unpaired) electrons. The number of hydrogen-bond acceptors (Lipinski definition) is 3. The van der Waals surface area contributed by atoms with Gasteiger partial charge < -0.3 is 14.5 Å². The normalized spacial score (nSPS) is 10.8. The second-order valence-electron chi connectivity index (χ2n) is 4.29. The van der Waals surface area contributed by atoms with E-state index in [9.17, 15) is 0 Å². The minimum absolute atomic E-state index is 0.630. The average Bonchev–Trinajstić information content (AvgIpc) is 2.92. The SMILES string of the molecule is COc1ccc(-c2nc3c(Cl)cccc3[nH]2)cc1OC. The van der Waals surface area contributed by atoms with Crippen molar-refractivity contribution in [2.75, 3.05) is 14.2 Å². The first-order valence-corrected chi connectivity index (χ1v) is 6.47. The third-order valence-corrected chi connectivity index (χ3v) is 3.43. The van der Waals surface area contributed by atoms with Crippen LogP contribution in [0, 0.1) is 0 Å². The van der Waals surface area contributed by atoms with Gasteiger partial charge in [0, 0.05) is 5.56 Å². The van der Waals surface area contributed by atoms with E-state index in [2.05, 4.69) is 9.97 Å². The first-order chi connectivity index (χ1) is 9.72. The summed E-state index contributed by atoms with van der Waals surface area (Å²) in [5, 5.41) is 0.630. The summed E-state index contributed by atoms with van der Waals surface area (Å²) in [6.45, 7) is 0. The number of aromatic nitrogens is 2. The van der Waals surface area contributed by atoms with Crippen LogP contribution in [0.4, 0.5) is 0 Å². The quantitative estimate of drug-likeness (QED) is 0.795. The summed E-state index contributed by atoms with van der Waals surface area (Å²) in [4.78, 5) is 7.78. The zero-order valence-electron chi connectivity index (χ0n) is 11.1. The molecule has 20 heavy (non-hydrogen) atoms. The smallest absolute Gasteiger partial charge is 0.161 e. The van der Waals surface area contributed by atoms with Crippen molar-refractivity contribution in [3.05, 3.63) is 41.4 Å². The lowest BCUT2D eigenvalue weighted by atomic mass is 10.2. The third kappa shape index (κ3) is 2.08. The van der Waals surface area contributed by atoms with Crippen LogP contribution in [0.25, 0.3) is 22.4 Å². The van der Waals surface area contributed by atoms with Crippen LogP contribution in [0.3, 0.4) is 0 Å². The summed E-state index contributed by atoms with van der Waals surface area (Å²) >= 11 is 6.14. The number of aromatic amines is 1. The van der Waals surface area contributed by atoms with E-state index in [0.29, 0.717) is 16.5 Å². The number of nitrogens with one attached hydrogen (secondary N) is 1. The first kappa shape index (κ1) is 12.8. The van der Waals surface area contributed by atoms with E-state index in [-0.39, 0.29) is 0 Å². The van der Waals surface area contributed by atoms with Gasteiger partial charge in [-0.05, 0) is 30.3 Å². The highest BCUT2D eigenvalue weighted by Crippen LogP contribution is 2.32. The Morgan fingerprint density at radius 3 is 2.55 bits per heavy atom. The Morgan fingerprint density at radius 2 is 1.85 bits per heavy atom. The van der Waals surface area contributed by atoms with Crippen molar-refractivity contribution in [3.8, 4) is 22.9 Å². The summed E-state index contributed by atoms with van der Waals surface area (Å²) in [5.41, 5.74) is 2.58. The van der Waals surface area contributed by atoms with Gasteiger partial charge in [-0.2, -0.15) is 0 Å². The minimum Gasteiger partial charge on any atom is -0.493 e. The number of hydrogen-bond donors (Lipinski definition) is 1. The maximum absolute atomic E-state index is 6.14. The molecule has 0 fully saturated rings. The molecule has 3 aromatic rings. The van der Waals surface area contributed by atoms with E-state index in [4.69, 9.17) is 21.1 Å². The highest BCUT2D eigenvalue weighted by Gasteiger charge is 2.11. The number of halogens is 1. The number of para-hydroxylation sites is 1. The largest absolute Gasteiger partial charge is 0.493 e. The Balaban J connectivity index is 2.13. The van der Waals surface area contributed by atoms with Crippen LogP contribution in [0.5, 0.6) is 11.5 Å². The fraction of sp³-hybridized carbons (Fsp3) is 0.133. The van der Waals surface area contributed by atoms with E-state index < -0.39 is 0 Å². The molecule has 1 N–H and O–H groups in total. The molecule has 0 saturated heterocycles. The van der Waals surface area contributed by atoms with E-state index in [0.717, 1.165) is 22.4 Å². The molecule has 102 valence electrons. The van der Waals surface area contributed by atoms with Crippen molar-refractivity contribution < 1.29 is 9.47 Å². The van der Waals surface area contributed by atoms with Gasteiger partial charge in [-0.15, -0.1) is 0 Å². The maximum Gasteiger partial charge on any atom is 0.161 e. The standard InChI is InChI=1S/C15H13ClN2O2/c1-19-12-7-6-9(8-13(12)20-2)15-17-11-5-3-4-10(16)14(11)18-15/h3-8H,1-2H3,(H,17,18). The Kier molecular flexibility index (Phi) is 3.24. The van der Waals surface area contributed by atoms with Crippen LogP contribution in [-0.2, 0) is 0 Å². The predicted molar refractivity (Wildman–Crippen MR) is 79.6 cm³/mol. The third-order valence-electron chi connectivity index (χ3n) is 3.12. The first-order valence-electron chi connectivity index (χ1n) is 6.09. The Morgan fingerprint density at radius 1 is 1.05 bits per heavy atom. The van der Waals surface area contributed by atoms with Crippen LogP contribution in [-0.4, -0.2) is 24.2 Å². The van der Waals surface area contributed by atoms with Crippen molar-refractivity contribution in [1.82, 2.24) is 9.97 Å². The lowest BCUT2D eigenvalue weighted by Gasteiger charge is -2.08. The summed E-state index contributed by atoms with van der Waals surface area (Å²) < 4.78 is 10.5. The molecule has 2 aromatic carbocycles. The van der Waals surface area contributed by atoms with Crippen molar-refractivity contribution in [3.63, 3.8) is 0 Å². The van der Waals surface area contributed by atoms with Crippen LogP contribution in [0.2, 0.25) is 5.02 Å². The molecule has 0 unspecified atom stereocenters. The van der Waals surface area contributed by atoms with Crippen LogP contribution >= 0.6 is 11.6 Å². The summed E-state index contributed by atoms with van der Waals surface area (Å²) in [6.07, 6.45) is 0. The molecular weight excluding hydrogens is 276 g/mol. The van der Waals surface area contributed by atoms with Gasteiger partial charge in [0.2, 0.25) is 0 Å². The summed E-state index contributed by atoms with van der Waals surface area (Å²) in [6, 6.07) is 11.3. The van der Waals surface area contributed by atoms with Gasteiger partial charge in [-0.1, -0.05) is 17.7 Å². The van der Waals surface area contributed by atoms with Gasteiger partial charge in [0.25, 0.3) is 0 Å². The maximum atomic E-state index is 6.14. The monoisotopic (exact) mass is 288 g/mol. The highest BCUT2D eigenvalue weighted by molar-refractivity contribution is 6.34. The van der Waals surface area contributed by atoms with Gasteiger partial charge in [-0.3, -0.25) is 0 Å². The lowest BCUT2D eigenvalue weighted by Crippen LogP contribution is -1.91. The van der Waals surface area contributed by atoms with Crippen molar-refractivity contribution in [1.29, 1.82) is 0 Å². The van der Waals surface area contributed by atoms with Gasteiger partial charge in [-0.25, -0.2) is 4.98 Å². The van der Waals surface area contributed by atoms with Crippen molar-refractivity contribution in [2.24, 2.45) is 0 Å². The molecule has 0 saturated carbocycles. The van der Waals surface area contributed by atoms with E-state index >= 15 is 0 Å². The van der Waals surface area contributed by atoms with Crippen LogP contribution in [0.1, 0.15) is 0 Å². The number of ether oxygens (including phenoxy) is 2. The minimum atomic E-state index is 0.630.